The second kappa shape index (κ2) is 7.19. The standard InChI is InChI=1S/C22H19N3O6/c1-11-8-16(24-31-11)23-17(26)10-30-22(29)12-4-6-15(7-5-12)25-20(27)18-13-2-3-14(9-13)19(18)21(25)28/h2-8,13-14,18-19H,9-10H2,1H3,(H,23,24,26)/t13-,14+,18-,19+. The number of carbonyl (C=O) groups excluding carboxylic acids is 4. The fourth-order valence-corrected chi connectivity index (χ4v) is 4.72. The first-order valence-electron chi connectivity index (χ1n) is 9.99. The maximum absolute atomic E-state index is 12.9. The van der Waals surface area contributed by atoms with Crippen LogP contribution in [0.1, 0.15) is 22.5 Å². The number of anilines is 2. The number of allylic oxidation sites excluding steroid dienone is 2. The summed E-state index contributed by atoms with van der Waals surface area (Å²) in [5.74, 6) is -1.12. The largest absolute Gasteiger partial charge is 0.452 e. The van der Waals surface area contributed by atoms with E-state index in [0.29, 0.717) is 11.4 Å². The van der Waals surface area contributed by atoms with Gasteiger partial charge in [-0.3, -0.25) is 19.3 Å². The maximum atomic E-state index is 12.9. The van der Waals surface area contributed by atoms with Crippen LogP contribution in [0.25, 0.3) is 0 Å². The number of ether oxygens (including phenoxy) is 1. The van der Waals surface area contributed by atoms with E-state index in [-0.39, 0.29) is 46.9 Å². The van der Waals surface area contributed by atoms with E-state index in [9.17, 15) is 19.2 Å². The molecule has 1 aliphatic heterocycles. The Morgan fingerprint density at radius 2 is 1.77 bits per heavy atom. The zero-order valence-corrected chi connectivity index (χ0v) is 16.6. The minimum atomic E-state index is -0.698. The first-order valence-corrected chi connectivity index (χ1v) is 9.99. The van der Waals surface area contributed by atoms with Crippen molar-refractivity contribution in [2.75, 3.05) is 16.8 Å². The number of aryl methyl sites for hydroxylation is 1. The Hall–Kier alpha value is -3.75. The summed E-state index contributed by atoms with van der Waals surface area (Å²) in [6, 6.07) is 7.56. The first kappa shape index (κ1) is 19.2. The highest BCUT2D eigenvalue weighted by Gasteiger charge is 2.59. The second-order valence-corrected chi connectivity index (χ2v) is 8.01. The van der Waals surface area contributed by atoms with Gasteiger partial charge in [-0.25, -0.2) is 4.79 Å². The number of amides is 3. The molecule has 9 nitrogen and oxygen atoms in total. The number of carbonyl (C=O) groups is 4. The van der Waals surface area contributed by atoms with Crippen LogP contribution in [0.3, 0.4) is 0 Å². The van der Waals surface area contributed by atoms with Crippen LogP contribution in [-0.2, 0) is 19.1 Å². The van der Waals surface area contributed by atoms with E-state index in [1.54, 1.807) is 19.1 Å². The molecule has 3 amide bonds. The Balaban J connectivity index is 1.21. The summed E-state index contributed by atoms with van der Waals surface area (Å²) < 4.78 is 9.85. The van der Waals surface area contributed by atoms with Crippen LogP contribution < -0.4 is 10.2 Å². The van der Waals surface area contributed by atoms with Gasteiger partial charge in [-0.2, -0.15) is 0 Å². The van der Waals surface area contributed by atoms with Crippen molar-refractivity contribution in [3.05, 3.63) is 53.8 Å². The molecular weight excluding hydrogens is 402 g/mol. The minimum absolute atomic E-state index is 0.137. The van der Waals surface area contributed by atoms with Crippen molar-refractivity contribution in [1.29, 1.82) is 0 Å². The van der Waals surface area contributed by atoms with Gasteiger partial charge < -0.3 is 14.6 Å². The van der Waals surface area contributed by atoms with Crippen molar-refractivity contribution >= 4 is 35.2 Å². The molecule has 1 N–H and O–H groups in total. The molecule has 5 rings (SSSR count). The summed E-state index contributed by atoms with van der Waals surface area (Å²) in [7, 11) is 0. The zero-order chi connectivity index (χ0) is 21.7. The van der Waals surface area contributed by atoms with Gasteiger partial charge >= 0.3 is 5.97 Å². The molecule has 1 aromatic heterocycles. The molecule has 4 atom stereocenters. The van der Waals surface area contributed by atoms with E-state index in [4.69, 9.17) is 9.26 Å². The highest BCUT2D eigenvalue weighted by atomic mass is 16.5. The maximum Gasteiger partial charge on any atom is 0.338 e. The van der Waals surface area contributed by atoms with Crippen LogP contribution in [0, 0.1) is 30.6 Å². The highest BCUT2D eigenvalue weighted by molar-refractivity contribution is 6.22. The van der Waals surface area contributed by atoms with Crippen molar-refractivity contribution in [1.82, 2.24) is 5.16 Å². The average molecular weight is 421 g/mol. The summed E-state index contributed by atoms with van der Waals surface area (Å²) in [6.45, 7) is 1.19. The SMILES string of the molecule is Cc1cc(NC(=O)COC(=O)c2ccc(N3C(=O)[C@@H]4[C@H](C3=O)[C@@H]3C=C[C@H]4C3)cc2)no1. The molecule has 9 heteroatoms. The lowest BCUT2D eigenvalue weighted by Crippen LogP contribution is -2.32. The van der Waals surface area contributed by atoms with Crippen LogP contribution >= 0.6 is 0 Å². The molecular formula is C22H19N3O6. The predicted octanol–water partition coefficient (Wildman–Crippen LogP) is 2.09. The predicted molar refractivity (Wildman–Crippen MR) is 107 cm³/mol. The molecule has 0 unspecified atom stereocenters. The monoisotopic (exact) mass is 421 g/mol. The van der Waals surface area contributed by atoms with Crippen molar-refractivity contribution in [3.8, 4) is 0 Å². The van der Waals surface area contributed by atoms with Crippen molar-refractivity contribution in [3.63, 3.8) is 0 Å². The number of benzene rings is 1. The minimum Gasteiger partial charge on any atom is -0.452 e. The number of esters is 1. The number of hydrogen-bond acceptors (Lipinski definition) is 7. The number of hydrogen-bond donors (Lipinski definition) is 1. The first-order chi connectivity index (χ1) is 14.9. The number of aromatic nitrogens is 1. The third-order valence-electron chi connectivity index (χ3n) is 6.06. The smallest absolute Gasteiger partial charge is 0.338 e. The van der Waals surface area contributed by atoms with Gasteiger partial charge in [0.25, 0.3) is 5.91 Å². The molecule has 2 aliphatic carbocycles. The molecule has 2 bridgehead atoms. The van der Waals surface area contributed by atoms with Crippen LogP contribution in [0.15, 0.2) is 47.0 Å². The molecule has 158 valence electrons. The molecule has 1 saturated carbocycles. The molecule has 1 aromatic carbocycles. The van der Waals surface area contributed by atoms with Crippen LogP contribution in [0.5, 0.6) is 0 Å². The number of fused-ring (bicyclic) bond motifs is 5. The lowest BCUT2D eigenvalue weighted by Gasteiger charge is -2.17. The fourth-order valence-electron chi connectivity index (χ4n) is 4.72. The van der Waals surface area contributed by atoms with Gasteiger partial charge in [-0.1, -0.05) is 17.3 Å². The number of rotatable bonds is 5. The van der Waals surface area contributed by atoms with Gasteiger partial charge in [-0.05, 0) is 49.4 Å². The summed E-state index contributed by atoms with van der Waals surface area (Å²) in [5.41, 5.74) is 0.634. The Kier molecular flexibility index (Phi) is 4.46. The summed E-state index contributed by atoms with van der Waals surface area (Å²) >= 11 is 0. The Morgan fingerprint density at radius 3 is 2.35 bits per heavy atom. The Morgan fingerprint density at radius 1 is 1.13 bits per heavy atom. The van der Waals surface area contributed by atoms with E-state index in [1.165, 1.54) is 23.1 Å². The molecule has 0 radical (unpaired) electrons. The van der Waals surface area contributed by atoms with E-state index >= 15 is 0 Å². The molecule has 31 heavy (non-hydrogen) atoms. The van der Waals surface area contributed by atoms with Crippen LogP contribution in [-0.4, -0.2) is 35.5 Å². The van der Waals surface area contributed by atoms with Gasteiger partial charge in [0.15, 0.2) is 12.4 Å². The summed E-state index contributed by atoms with van der Waals surface area (Å²) in [5, 5.41) is 6.07. The van der Waals surface area contributed by atoms with Crippen molar-refractivity contribution in [2.24, 2.45) is 23.7 Å². The Bertz CT molecular complexity index is 1090. The third-order valence-corrected chi connectivity index (χ3v) is 6.06. The van der Waals surface area contributed by atoms with Gasteiger partial charge in [0.1, 0.15) is 5.76 Å². The van der Waals surface area contributed by atoms with E-state index in [2.05, 4.69) is 10.5 Å². The molecule has 1 saturated heterocycles. The van der Waals surface area contributed by atoms with Crippen molar-refractivity contribution < 1.29 is 28.4 Å². The number of nitrogens with zero attached hydrogens (tertiary/aromatic N) is 2. The van der Waals surface area contributed by atoms with Crippen molar-refractivity contribution in [2.45, 2.75) is 13.3 Å². The molecule has 3 aliphatic rings. The number of imide groups is 1. The highest BCUT2D eigenvalue weighted by Crippen LogP contribution is 2.53. The van der Waals surface area contributed by atoms with Crippen LogP contribution in [0.4, 0.5) is 11.5 Å². The van der Waals surface area contributed by atoms with E-state index in [1.807, 2.05) is 12.2 Å². The van der Waals surface area contributed by atoms with Gasteiger partial charge in [0.2, 0.25) is 11.8 Å². The molecule has 0 spiro atoms. The van der Waals surface area contributed by atoms with Gasteiger partial charge in [0, 0.05) is 6.07 Å². The third kappa shape index (κ3) is 3.22. The van der Waals surface area contributed by atoms with Crippen LogP contribution in [0.2, 0.25) is 0 Å². The van der Waals surface area contributed by atoms with Gasteiger partial charge in [0.05, 0.1) is 23.1 Å². The molecule has 2 aromatic rings. The Labute approximate surface area is 177 Å². The fraction of sp³-hybridized carbons (Fsp3) is 0.318. The summed E-state index contributed by atoms with van der Waals surface area (Å²) in [6.07, 6.45) is 4.95. The summed E-state index contributed by atoms with van der Waals surface area (Å²) in [4.78, 5) is 51.0. The lowest BCUT2D eigenvalue weighted by atomic mass is 9.85. The van der Waals surface area contributed by atoms with E-state index < -0.39 is 18.5 Å². The van der Waals surface area contributed by atoms with Gasteiger partial charge in [-0.15, -0.1) is 0 Å². The van der Waals surface area contributed by atoms with E-state index in [0.717, 1.165) is 6.42 Å². The molecule has 2 fully saturated rings. The zero-order valence-electron chi connectivity index (χ0n) is 16.6. The second-order valence-electron chi connectivity index (χ2n) is 8.01. The topological polar surface area (TPSA) is 119 Å². The normalized spacial score (nSPS) is 25.8. The quantitative estimate of drug-likeness (QED) is 0.446. The molecule has 2 heterocycles. The average Bonchev–Trinajstić information content (AvgIpc) is 3.52. The lowest BCUT2D eigenvalue weighted by molar-refractivity contribution is -0.123. The number of nitrogens with one attached hydrogen (secondary N) is 1.